The van der Waals surface area contributed by atoms with Gasteiger partial charge in [0.15, 0.2) is 5.65 Å². The van der Waals surface area contributed by atoms with E-state index in [1.165, 1.54) is 50.1 Å². The largest absolute Gasteiger partial charge is 0.369 e. The molecule has 2 saturated heterocycles. The van der Waals surface area contributed by atoms with Crippen LogP contribution < -0.4 is 10.2 Å². The van der Waals surface area contributed by atoms with Crippen molar-refractivity contribution in [2.24, 2.45) is 0 Å². The molecule has 0 bridgehead atoms. The number of fused-ring (bicyclic) bond motifs is 1. The van der Waals surface area contributed by atoms with E-state index in [1.54, 1.807) is 12.3 Å². The molecule has 4 heterocycles. The van der Waals surface area contributed by atoms with Crippen molar-refractivity contribution >= 4 is 28.2 Å². The summed E-state index contributed by atoms with van der Waals surface area (Å²) in [5.41, 5.74) is 4.49. The van der Waals surface area contributed by atoms with Crippen molar-refractivity contribution in [3.05, 3.63) is 66.4 Å². The third-order valence-corrected chi connectivity index (χ3v) is 7.80. The SMILES string of the molecule is Cc1ccc(F)cc1Nc1ncnc2c1cnn2-c1ccc(N2CCN(C3CCN(C)CC3)CC2)cc1. The van der Waals surface area contributed by atoms with E-state index in [0.717, 1.165) is 48.9 Å². The number of aryl methyl sites for hydroxylation is 1. The van der Waals surface area contributed by atoms with Gasteiger partial charge in [-0.15, -0.1) is 0 Å². The molecule has 6 rings (SSSR count). The van der Waals surface area contributed by atoms with Gasteiger partial charge in [0, 0.05) is 43.6 Å². The predicted octanol–water partition coefficient (Wildman–Crippen LogP) is 4.22. The number of halogens is 1. The number of hydrogen-bond donors (Lipinski definition) is 1. The second-order valence-electron chi connectivity index (χ2n) is 10.2. The monoisotopic (exact) mass is 500 g/mol. The summed E-state index contributed by atoms with van der Waals surface area (Å²) >= 11 is 0. The zero-order valence-corrected chi connectivity index (χ0v) is 21.4. The first-order valence-electron chi connectivity index (χ1n) is 13.0. The van der Waals surface area contributed by atoms with Gasteiger partial charge < -0.3 is 15.1 Å². The molecule has 2 aromatic carbocycles. The normalized spacial score (nSPS) is 18.0. The van der Waals surface area contributed by atoms with Crippen molar-refractivity contribution in [1.29, 1.82) is 0 Å². The molecule has 2 aliphatic rings. The van der Waals surface area contributed by atoms with Gasteiger partial charge in [-0.05, 0) is 81.9 Å². The van der Waals surface area contributed by atoms with Crippen LogP contribution in [0.1, 0.15) is 18.4 Å². The van der Waals surface area contributed by atoms with E-state index in [9.17, 15) is 4.39 Å². The molecule has 0 aliphatic carbocycles. The van der Waals surface area contributed by atoms with Crippen LogP contribution in [0, 0.1) is 12.7 Å². The minimum Gasteiger partial charge on any atom is -0.369 e. The molecule has 0 radical (unpaired) electrons. The molecular formula is C28H33FN8. The molecule has 37 heavy (non-hydrogen) atoms. The Morgan fingerprint density at radius 2 is 1.62 bits per heavy atom. The Labute approximate surface area is 216 Å². The molecule has 0 unspecified atom stereocenters. The standard InChI is InChI=1S/C28H33FN8/c1-20-3-4-21(29)17-26(20)33-27-25-18-32-37(28(25)31-19-30-27)24-7-5-22(6-8-24)35-13-15-36(16-14-35)23-9-11-34(2)12-10-23/h3-8,17-19,23H,9-16H2,1-2H3,(H,30,31,33). The van der Waals surface area contributed by atoms with E-state index in [4.69, 9.17) is 0 Å². The molecule has 0 spiro atoms. The molecule has 4 aromatic rings. The van der Waals surface area contributed by atoms with Crippen molar-refractivity contribution in [3.63, 3.8) is 0 Å². The van der Waals surface area contributed by atoms with E-state index in [-0.39, 0.29) is 5.82 Å². The fourth-order valence-electron chi connectivity index (χ4n) is 5.50. The molecule has 0 saturated carbocycles. The maximum atomic E-state index is 13.8. The lowest BCUT2D eigenvalue weighted by molar-refractivity contribution is 0.115. The Morgan fingerprint density at radius 1 is 0.892 bits per heavy atom. The number of rotatable bonds is 5. The van der Waals surface area contributed by atoms with Crippen LogP contribution >= 0.6 is 0 Å². The highest BCUT2D eigenvalue weighted by Gasteiger charge is 2.26. The maximum absolute atomic E-state index is 13.8. The summed E-state index contributed by atoms with van der Waals surface area (Å²) < 4.78 is 15.6. The lowest BCUT2D eigenvalue weighted by Crippen LogP contribution is -2.53. The van der Waals surface area contributed by atoms with Crippen LogP contribution in [-0.4, -0.2) is 81.9 Å². The van der Waals surface area contributed by atoms with Gasteiger partial charge >= 0.3 is 0 Å². The van der Waals surface area contributed by atoms with Crippen molar-refractivity contribution in [2.45, 2.75) is 25.8 Å². The molecule has 8 nitrogen and oxygen atoms in total. The first-order valence-corrected chi connectivity index (χ1v) is 13.0. The van der Waals surface area contributed by atoms with Gasteiger partial charge in [0.2, 0.25) is 0 Å². The van der Waals surface area contributed by atoms with Gasteiger partial charge in [0.25, 0.3) is 0 Å². The van der Waals surface area contributed by atoms with Crippen molar-refractivity contribution in [3.8, 4) is 5.69 Å². The Balaban J connectivity index is 1.16. The second-order valence-corrected chi connectivity index (χ2v) is 10.2. The maximum Gasteiger partial charge on any atom is 0.168 e. The lowest BCUT2D eigenvalue weighted by Gasteiger charge is -2.42. The molecule has 192 valence electrons. The van der Waals surface area contributed by atoms with Crippen LogP contribution in [0.5, 0.6) is 0 Å². The van der Waals surface area contributed by atoms with Crippen molar-refractivity contribution in [1.82, 2.24) is 29.5 Å². The van der Waals surface area contributed by atoms with Crippen LogP contribution in [0.2, 0.25) is 0 Å². The molecule has 2 aromatic heterocycles. The number of likely N-dealkylation sites (tertiary alicyclic amines) is 1. The number of benzene rings is 2. The fourth-order valence-corrected chi connectivity index (χ4v) is 5.50. The van der Waals surface area contributed by atoms with Crippen LogP contribution in [0.4, 0.5) is 21.6 Å². The fraction of sp³-hybridized carbons (Fsp3) is 0.393. The Morgan fingerprint density at radius 3 is 2.38 bits per heavy atom. The van der Waals surface area contributed by atoms with E-state index in [0.29, 0.717) is 17.2 Å². The number of piperidine rings is 1. The van der Waals surface area contributed by atoms with Crippen LogP contribution in [0.25, 0.3) is 16.7 Å². The summed E-state index contributed by atoms with van der Waals surface area (Å²) in [6.07, 6.45) is 5.83. The van der Waals surface area contributed by atoms with E-state index < -0.39 is 0 Å². The minimum absolute atomic E-state index is 0.294. The topological polar surface area (TPSA) is 65.4 Å². The van der Waals surface area contributed by atoms with Gasteiger partial charge in [-0.25, -0.2) is 19.0 Å². The van der Waals surface area contributed by atoms with Gasteiger partial charge in [0.1, 0.15) is 18.0 Å². The number of aromatic nitrogens is 4. The highest BCUT2D eigenvalue weighted by atomic mass is 19.1. The molecule has 0 atom stereocenters. The van der Waals surface area contributed by atoms with Crippen molar-refractivity contribution in [2.75, 3.05) is 56.5 Å². The summed E-state index contributed by atoms with van der Waals surface area (Å²) in [5.74, 6) is 0.307. The van der Waals surface area contributed by atoms with E-state index in [1.807, 2.05) is 11.6 Å². The number of piperazine rings is 1. The Bertz CT molecular complexity index is 1370. The number of nitrogens with one attached hydrogen (secondary N) is 1. The third-order valence-electron chi connectivity index (χ3n) is 7.80. The Hall–Kier alpha value is -3.56. The average molecular weight is 501 g/mol. The zero-order valence-electron chi connectivity index (χ0n) is 21.4. The first-order chi connectivity index (χ1) is 18.0. The predicted molar refractivity (Wildman–Crippen MR) is 145 cm³/mol. The van der Waals surface area contributed by atoms with Crippen LogP contribution in [0.15, 0.2) is 55.0 Å². The number of nitrogens with zero attached hydrogens (tertiary/aromatic N) is 7. The minimum atomic E-state index is -0.294. The summed E-state index contributed by atoms with van der Waals surface area (Å²) in [7, 11) is 2.22. The smallest absolute Gasteiger partial charge is 0.168 e. The quantitative estimate of drug-likeness (QED) is 0.440. The second kappa shape index (κ2) is 10.1. The first kappa shape index (κ1) is 23.8. The van der Waals surface area contributed by atoms with E-state index >= 15 is 0 Å². The van der Waals surface area contributed by atoms with Gasteiger partial charge in [-0.3, -0.25) is 4.90 Å². The molecule has 2 aliphatic heterocycles. The molecule has 2 fully saturated rings. The molecule has 1 N–H and O–H groups in total. The van der Waals surface area contributed by atoms with Crippen molar-refractivity contribution < 1.29 is 4.39 Å². The summed E-state index contributed by atoms with van der Waals surface area (Å²) in [6, 6.07) is 13.9. The zero-order chi connectivity index (χ0) is 25.4. The summed E-state index contributed by atoms with van der Waals surface area (Å²) in [6.45, 7) is 8.70. The third kappa shape index (κ3) is 4.89. The molecular weight excluding hydrogens is 467 g/mol. The summed E-state index contributed by atoms with van der Waals surface area (Å²) in [5, 5.41) is 8.62. The molecule has 9 heteroatoms. The highest BCUT2D eigenvalue weighted by Crippen LogP contribution is 2.28. The van der Waals surface area contributed by atoms with Crippen LogP contribution in [-0.2, 0) is 0 Å². The summed E-state index contributed by atoms with van der Waals surface area (Å²) in [4.78, 5) is 16.5. The van der Waals surface area contributed by atoms with Gasteiger partial charge in [-0.1, -0.05) is 6.07 Å². The average Bonchev–Trinajstić information content (AvgIpc) is 3.37. The van der Waals surface area contributed by atoms with Gasteiger partial charge in [-0.2, -0.15) is 5.10 Å². The Kier molecular flexibility index (Phi) is 6.48. The van der Waals surface area contributed by atoms with Crippen LogP contribution in [0.3, 0.4) is 0 Å². The highest BCUT2D eigenvalue weighted by molar-refractivity contribution is 5.89. The number of hydrogen-bond acceptors (Lipinski definition) is 7. The number of anilines is 3. The molecule has 0 amide bonds. The van der Waals surface area contributed by atoms with Gasteiger partial charge in [0.05, 0.1) is 17.3 Å². The van der Waals surface area contributed by atoms with E-state index in [2.05, 4.69) is 66.4 Å². The lowest BCUT2D eigenvalue weighted by atomic mass is 10.0.